The minimum absolute atomic E-state index is 0.171. The number of nitrogens with one attached hydrogen (secondary N) is 1. The van der Waals surface area contributed by atoms with Crippen molar-refractivity contribution in [1.29, 1.82) is 0 Å². The Labute approximate surface area is 159 Å². The predicted octanol–water partition coefficient (Wildman–Crippen LogP) is 2.55. The molecule has 2 aromatic rings. The van der Waals surface area contributed by atoms with Gasteiger partial charge in [-0.05, 0) is 37.5 Å². The van der Waals surface area contributed by atoms with Crippen LogP contribution in [0.3, 0.4) is 0 Å². The molecule has 3 rings (SSSR count). The van der Waals surface area contributed by atoms with Gasteiger partial charge in [-0.1, -0.05) is 48.0 Å². The standard InChI is InChI=1S/C20H23N3O3S/c1-16-7-9-17(10-8-16)15-21-22-20(24)18-11-13-23(14-12-18)27(25,26)19-5-3-2-4-6-19/h2-10,15,18H,11-14H2,1H3,(H,22,24)/b21-15-. The maximum atomic E-state index is 12.6. The first-order valence-corrected chi connectivity index (χ1v) is 10.4. The highest BCUT2D eigenvalue weighted by Gasteiger charge is 2.31. The average Bonchev–Trinajstić information content (AvgIpc) is 2.70. The van der Waals surface area contributed by atoms with Crippen LogP contribution in [0.4, 0.5) is 0 Å². The van der Waals surface area contributed by atoms with Crippen LogP contribution in [-0.4, -0.2) is 37.9 Å². The molecule has 1 saturated heterocycles. The van der Waals surface area contributed by atoms with E-state index in [1.54, 1.807) is 36.5 Å². The van der Waals surface area contributed by atoms with Crippen molar-refractivity contribution >= 4 is 22.1 Å². The van der Waals surface area contributed by atoms with Gasteiger partial charge in [-0.25, -0.2) is 13.8 Å². The Kier molecular flexibility index (Phi) is 6.03. The summed E-state index contributed by atoms with van der Waals surface area (Å²) in [5.74, 6) is -0.405. The maximum Gasteiger partial charge on any atom is 0.243 e. The molecular formula is C20H23N3O3S. The van der Waals surface area contributed by atoms with E-state index in [1.165, 1.54) is 4.31 Å². The zero-order chi connectivity index (χ0) is 19.3. The summed E-state index contributed by atoms with van der Waals surface area (Å²) in [6.45, 7) is 2.67. The highest BCUT2D eigenvalue weighted by molar-refractivity contribution is 7.89. The number of hydrazone groups is 1. The molecule has 1 heterocycles. The summed E-state index contributed by atoms with van der Waals surface area (Å²) in [7, 11) is -3.50. The van der Waals surface area contributed by atoms with Crippen LogP contribution in [0, 0.1) is 12.8 Å². The van der Waals surface area contributed by atoms with E-state index in [4.69, 9.17) is 0 Å². The molecule has 6 nitrogen and oxygen atoms in total. The first-order valence-electron chi connectivity index (χ1n) is 8.91. The van der Waals surface area contributed by atoms with Gasteiger partial charge in [0.2, 0.25) is 15.9 Å². The number of carbonyl (C=O) groups is 1. The minimum Gasteiger partial charge on any atom is -0.273 e. The van der Waals surface area contributed by atoms with Gasteiger partial charge < -0.3 is 0 Å². The van der Waals surface area contributed by atoms with E-state index in [0.717, 1.165) is 11.1 Å². The summed E-state index contributed by atoms with van der Waals surface area (Å²) in [6, 6.07) is 16.2. The van der Waals surface area contributed by atoms with Crippen molar-refractivity contribution in [3.8, 4) is 0 Å². The maximum absolute atomic E-state index is 12.6. The van der Waals surface area contributed by atoms with Crippen LogP contribution in [-0.2, 0) is 14.8 Å². The van der Waals surface area contributed by atoms with Crippen LogP contribution in [0.5, 0.6) is 0 Å². The van der Waals surface area contributed by atoms with Crippen molar-refractivity contribution in [2.24, 2.45) is 11.0 Å². The monoisotopic (exact) mass is 385 g/mol. The molecule has 0 spiro atoms. The molecule has 0 aromatic heterocycles. The van der Waals surface area contributed by atoms with Crippen LogP contribution in [0.25, 0.3) is 0 Å². The zero-order valence-electron chi connectivity index (χ0n) is 15.2. The number of carbonyl (C=O) groups excluding carboxylic acids is 1. The van der Waals surface area contributed by atoms with E-state index in [0.29, 0.717) is 25.9 Å². The fourth-order valence-electron chi connectivity index (χ4n) is 3.01. The summed E-state index contributed by atoms with van der Waals surface area (Å²) in [6.07, 6.45) is 2.57. The second-order valence-electron chi connectivity index (χ2n) is 6.64. The third-order valence-corrected chi connectivity index (χ3v) is 6.58. The van der Waals surface area contributed by atoms with Gasteiger partial charge >= 0.3 is 0 Å². The highest BCUT2D eigenvalue weighted by atomic mass is 32.2. The fraction of sp³-hybridized carbons (Fsp3) is 0.300. The first kappa shape index (κ1) is 19.3. The number of hydrogen-bond acceptors (Lipinski definition) is 4. The van der Waals surface area contributed by atoms with Gasteiger partial charge in [0, 0.05) is 19.0 Å². The fourth-order valence-corrected chi connectivity index (χ4v) is 4.50. The zero-order valence-corrected chi connectivity index (χ0v) is 16.0. The smallest absolute Gasteiger partial charge is 0.243 e. The molecule has 0 aliphatic carbocycles. The van der Waals surface area contributed by atoms with E-state index in [9.17, 15) is 13.2 Å². The SMILES string of the molecule is Cc1ccc(/C=N\NC(=O)C2CCN(S(=O)(=O)c3ccccc3)CC2)cc1. The third kappa shape index (κ3) is 4.81. The molecule has 7 heteroatoms. The Bertz CT molecular complexity index is 901. The Morgan fingerprint density at radius 2 is 1.70 bits per heavy atom. The molecule has 0 bridgehead atoms. The van der Waals surface area contributed by atoms with E-state index in [1.807, 2.05) is 31.2 Å². The quantitative estimate of drug-likeness (QED) is 0.635. The molecule has 0 unspecified atom stereocenters. The molecule has 1 amide bonds. The lowest BCUT2D eigenvalue weighted by Crippen LogP contribution is -2.42. The Morgan fingerprint density at radius 1 is 1.07 bits per heavy atom. The third-order valence-electron chi connectivity index (χ3n) is 4.67. The summed E-state index contributed by atoms with van der Waals surface area (Å²) in [5.41, 5.74) is 4.63. The molecule has 27 heavy (non-hydrogen) atoms. The number of sulfonamides is 1. The summed E-state index contributed by atoms with van der Waals surface area (Å²) < 4.78 is 26.7. The van der Waals surface area contributed by atoms with Crippen LogP contribution < -0.4 is 5.43 Å². The highest BCUT2D eigenvalue weighted by Crippen LogP contribution is 2.23. The molecule has 0 atom stereocenters. The van der Waals surface area contributed by atoms with Gasteiger partial charge in [0.1, 0.15) is 0 Å². The molecule has 2 aromatic carbocycles. The number of nitrogens with zero attached hydrogens (tertiary/aromatic N) is 2. The second kappa shape index (κ2) is 8.45. The number of hydrogen-bond donors (Lipinski definition) is 1. The average molecular weight is 385 g/mol. The van der Waals surface area contributed by atoms with Gasteiger partial charge in [-0.3, -0.25) is 4.79 Å². The molecule has 1 fully saturated rings. The van der Waals surface area contributed by atoms with Gasteiger partial charge in [-0.2, -0.15) is 9.41 Å². The normalized spacial score (nSPS) is 16.5. The number of aryl methyl sites for hydroxylation is 1. The molecular weight excluding hydrogens is 362 g/mol. The lowest BCUT2D eigenvalue weighted by Gasteiger charge is -2.30. The van der Waals surface area contributed by atoms with E-state index in [2.05, 4.69) is 10.5 Å². The van der Waals surface area contributed by atoms with Gasteiger partial charge in [0.25, 0.3) is 0 Å². The molecule has 1 aliphatic rings. The minimum atomic E-state index is -3.50. The van der Waals surface area contributed by atoms with Crippen molar-refractivity contribution in [2.75, 3.05) is 13.1 Å². The molecule has 142 valence electrons. The van der Waals surface area contributed by atoms with Crippen LogP contribution in [0.1, 0.15) is 24.0 Å². The van der Waals surface area contributed by atoms with Crippen molar-refractivity contribution in [1.82, 2.24) is 9.73 Å². The number of piperidine rings is 1. The number of benzene rings is 2. The Morgan fingerprint density at radius 3 is 2.33 bits per heavy atom. The molecule has 1 aliphatic heterocycles. The van der Waals surface area contributed by atoms with Gasteiger partial charge in [0.05, 0.1) is 11.1 Å². The Balaban J connectivity index is 1.53. The van der Waals surface area contributed by atoms with Crippen molar-refractivity contribution < 1.29 is 13.2 Å². The summed E-state index contributed by atoms with van der Waals surface area (Å²) >= 11 is 0. The number of rotatable bonds is 5. The second-order valence-corrected chi connectivity index (χ2v) is 8.57. The lowest BCUT2D eigenvalue weighted by molar-refractivity contribution is -0.126. The topological polar surface area (TPSA) is 78.8 Å². The van der Waals surface area contributed by atoms with E-state index < -0.39 is 10.0 Å². The van der Waals surface area contributed by atoms with Crippen molar-refractivity contribution in [3.05, 3.63) is 65.7 Å². The van der Waals surface area contributed by atoms with Crippen LogP contribution in [0.15, 0.2) is 64.6 Å². The molecule has 0 saturated carbocycles. The summed E-state index contributed by atoms with van der Waals surface area (Å²) in [5, 5.41) is 4.01. The molecule has 1 N–H and O–H groups in total. The largest absolute Gasteiger partial charge is 0.273 e. The first-order chi connectivity index (χ1) is 13.0. The van der Waals surface area contributed by atoms with Crippen molar-refractivity contribution in [3.63, 3.8) is 0 Å². The Hall–Kier alpha value is -2.51. The predicted molar refractivity (Wildman–Crippen MR) is 105 cm³/mol. The van der Waals surface area contributed by atoms with Gasteiger partial charge in [0.15, 0.2) is 0 Å². The van der Waals surface area contributed by atoms with Crippen LogP contribution in [0.2, 0.25) is 0 Å². The van der Waals surface area contributed by atoms with Crippen LogP contribution >= 0.6 is 0 Å². The van der Waals surface area contributed by atoms with Gasteiger partial charge in [-0.15, -0.1) is 0 Å². The number of amides is 1. The molecule has 0 radical (unpaired) electrons. The van der Waals surface area contributed by atoms with E-state index in [-0.39, 0.29) is 16.7 Å². The summed E-state index contributed by atoms with van der Waals surface area (Å²) in [4.78, 5) is 12.6. The lowest BCUT2D eigenvalue weighted by atomic mass is 9.98. The van der Waals surface area contributed by atoms with E-state index >= 15 is 0 Å². The van der Waals surface area contributed by atoms with Crippen molar-refractivity contribution in [2.45, 2.75) is 24.7 Å².